The van der Waals surface area contributed by atoms with E-state index in [1.165, 1.54) is 12.1 Å². The molecule has 170 valence electrons. The first kappa shape index (κ1) is 21.1. The normalized spacial score (nSPS) is 12.1. The van der Waals surface area contributed by atoms with Crippen molar-refractivity contribution >= 4 is 88.4 Å². The van der Waals surface area contributed by atoms with Crippen molar-refractivity contribution in [1.82, 2.24) is 9.97 Å². The number of halogens is 2. The summed E-state index contributed by atoms with van der Waals surface area (Å²) in [5.74, 6) is 0. The van der Waals surface area contributed by atoms with E-state index in [1.54, 1.807) is 48.5 Å². The Morgan fingerprint density at radius 3 is 1.22 bits per heavy atom. The number of aromatic nitrogens is 2. The maximum absolute atomic E-state index is 13.5. The number of rotatable bonds is 0. The first-order valence-corrected chi connectivity index (χ1v) is 11.7. The second-order valence-electron chi connectivity index (χ2n) is 8.58. The van der Waals surface area contributed by atoms with Gasteiger partial charge in [-0.25, -0.2) is 9.97 Å². The zero-order chi connectivity index (χ0) is 24.9. The van der Waals surface area contributed by atoms with Gasteiger partial charge >= 0.3 is 0 Å². The molecule has 0 radical (unpaired) electrons. The van der Waals surface area contributed by atoms with Crippen LogP contribution in [0.2, 0.25) is 10.0 Å². The van der Waals surface area contributed by atoms with Gasteiger partial charge in [0.2, 0.25) is 0 Å². The molecule has 0 aliphatic carbocycles. The van der Waals surface area contributed by atoms with E-state index in [2.05, 4.69) is 9.97 Å². The summed E-state index contributed by atoms with van der Waals surface area (Å²) in [7, 11) is 0. The first-order chi connectivity index (χ1) is 17.4. The van der Waals surface area contributed by atoms with Crippen LogP contribution >= 0.6 is 23.2 Å². The van der Waals surface area contributed by atoms with Crippen LogP contribution in [0.25, 0.3) is 65.2 Å². The summed E-state index contributed by atoms with van der Waals surface area (Å²) in [6.45, 7) is 0. The molecule has 0 amide bonds. The molecule has 0 atom stereocenters. The highest BCUT2D eigenvalue weighted by Crippen LogP contribution is 2.28. The van der Waals surface area contributed by atoms with Gasteiger partial charge in [0.15, 0.2) is 21.7 Å². The minimum atomic E-state index is -0.380. The van der Waals surface area contributed by atoms with Crippen molar-refractivity contribution in [1.29, 1.82) is 0 Å². The molecule has 6 nitrogen and oxygen atoms in total. The number of hydrogen-bond acceptors (Lipinski definition) is 6. The van der Waals surface area contributed by atoms with E-state index in [-0.39, 0.29) is 85.9 Å². The van der Waals surface area contributed by atoms with Gasteiger partial charge in [0.05, 0.1) is 42.6 Å². The summed E-state index contributed by atoms with van der Waals surface area (Å²) in [4.78, 5) is 62.7. The van der Waals surface area contributed by atoms with Crippen molar-refractivity contribution in [2.24, 2.45) is 0 Å². The van der Waals surface area contributed by atoms with Gasteiger partial charge in [-0.1, -0.05) is 47.5 Å². The quantitative estimate of drug-likeness (QED) is 0.211. The lowest BCUT2D eigenvalue weighted by molar-refractivity contribution is 1.41. The lowest BCUT2D eigenvalue weighted by Gasteiger charge is -2.08. The molecule has 0 aliphatic heterocycles. The standard InChI is InChI=1S/C28H10Cl2N2O4/c29-15-5-1-3-11-19(15)25(33)13-7-9-17-23(21(13)27(11)35)31-18-10-8-14-22(24(18)32-17)28(36)12-4-2-6-16(30)20(12)26(14)34/h1-10H. The molecule has 0 aliphatic rings. The average Bonchev–Trinajstić information content (AvgIpc) is 2.87. The molecule has 0 unspecified atom stereocenters. The Labute approximate surface area is 209 Å². The Morgan fingerprint density at radius 2 is 0.806 bits per heavy atom. The van der Waals surface area contributed by atoms with Crippen LogP contribution in [0.4, 0.5) is 0 Å². The number of nitrogens with zero attached hydrogens (tertiary/aromatic N) is 2. The van der Waals surface area contributed by atoms with Crippen molar-refractivity contribution in [2.45, 2.75) is 0 Å². The topological polar surface area (TPSA) is 94.1 Å². The Morgan fingerprint density at radius 1 is 0.444 bits per heavy atom. The predicted octanol–water partition coefficient (Wildman–Crippen LogP) is 5.02. The molecule has 0 fully saturated rings. The van der Waals surface area contributed by atoms with Gasteiger partial charge in [-0.05, 0) is 36.4 Å². The number of hydrogen-bond donors (Lipinski definition) is 0. The molecule has 6 aromatic carbocycles. The molecule has 7 rings (SSSR count). The van der Waals surface area contributed by atoms with Crippen LogP contribution in [0.1, 0.15) is 0 Å². The Bertz CT molecular complexity index is 2210. The highest BCUT2D eigenvalue weighted by Gasteiger charge is 2.20. The lowest BCUT2D eigenvalue weighted by atomic mass is 9.99. The third-order valence-corrected chi connectivity index (χ3v) is 7.32. The molecule has 7 aromatic rings. The van der Waals surface area contributed by atoms with E-state index >= 15 is 0 Å². The zero-order valence-electron chi connectivity index (χ0n) is 18.1. The van der Waals surface area contributed by atoms with Gasteiger partial charge in [0.25, 0.3) is 0 Å². The van der Waals surface area contributed by atoms with Crippen LogP contribution in [-0.2, 0) is 0 Å². The van der Waals surface area contributed by atoms with Crippen molar-refractivity contribution in [3.63, 3.8) is 0 Å². The van der Waals surface area contributed by atoms with E-state index in [0.717, 1.165) is 0 Å². The van der Waals surface area contributed by atoms with Crippen LogP contribution in [0.3, 0.4) is 0 Å². The van der Waals surface area contributed by atoms with Gasteiger partial charge in [0.1, 0.15) is 11.0 Å². The summed E-state index contributed by atoms with van der Waals surface area (Å²) in [6.07, 6.45) is 0. The van der Waals surface area contributed by atoms with Crippen LogP contribution in [0.15, 0.2) is 79.8 Å². The summed E-state index contributed by atoms with van der Waals surface area (Å²) in [6, 6.07) is 15.7. The average molecular weight is 509 g/mol. The van der Waals surface area contributed by atoms with Gasteiger partial charge in [-0.3, -0.25) is 19.2 Å². The molecule has 0 saturated heterocycles. The molecule has 0 N–H and O–H groups in total. The maximum Gasteiger partial charge on any atom is 0.196 e. The molecule has 1 aromatic heterocycles. The minimum absolute atomic E-state index is 0.138. The van der Waals surface area contributed by atoms with Crippen molar-refractivity contribution in [3.8, 4) is 0 Å². The Hall–Kier alpha value is -4.26. The second-order valence-corrected chi connectivity index (χ2v) is 9.39. The molecular weight excluding hydrogens is 499 g/mol. The monoisotopic (exact) mass is 508 g/mol. The third-order valence-electron chi connectivity index (χ3n) is 6.69. The summed E-state index contributed by atoms with van der Waals surface area (Å²) >= 11 is 12.5. The van der Waals surface area contributed by atoms with Crippen LogP contribution in [0, 0.1) is 0 Å². The van der Waals surface area contributed by atoms with Crippen LogP contribution < -0.4 is 21.7 Å². The van der Waals surface area contributed by atoms with Gasteiger partial charge in [-0.2, -0.15) is 0 Å². The van der Waals surface area contributed by atoms with E-state index in [0.29, 0.717) is 11.0 Å². The van der Waals surface area contributed by atoms with E-state index in [4.69, 9.17) is 23.2 Å². The van der Waals surface area contributed by atoms with E-state index in [1.807, 2.05) is 0 Å². The molecular formula is C28H10Cl2N2O4. The van der Waals surface area contributed by atoms with Gasteiger partial charge in [0, 0.05) is 21.5 Å². The maximum atomic E-state index is 13.5. The first-order valence-electron chi connectivity index (χ1n) is 10.9. The van der Waals surface area contributed by atoms with Crippen LogP contribution in [-0.4, -0.2) is 9.97 Å². The number of benzene rings is 6. The largest absolute Gasteiger partial charge is 0.289 e. The molecule has 0 bridgehead atoms. The zero-order valence-corrected chi connectivity index (χ0v) is 19.6. The molecule has 8 heteroatoms. The highest BCUT2D eigenvalue weighted by atomic mass is 35.5. The van der Waals surface area contributed by atoms with Crippen molar-refractivity contribution in [3.05, 3.63) is 112 Å². The Kier molecular flexibility index (Phi) is 4.17. The van der Waals surface area contributed by atoms with Crippen molar-refractivity contribution in [2.75, 3.05) is 0 Å². The van der Waals surface area contributed by atoms with Crippen LogP contribution in [0.5, 0.6) is 0 Å². The fourth-order valence-electron chi connectivity index (χ4n) is 5.07. The summed E-state index contributed by atoms with van der Waals surface area (Å²) < 4.78 is 0. The fourth-order valence-corrected chi connectivity index (χ4v) is 5.59. The van der Waals surface area contributed by atoms with E-state index in [9.17, 15) is 19.2 Å². The second kappa shape index (κ2) is 7.13. The third kappa shape index (κ3) is 2.57. The molecule has 0 spiro atoms. The number of fused-ring (bicyclic) bond motifs is 8. The van der Waals surface area contributed by atoms with Gasteiger partial charge < -0.3 is 0 Å². The SMILES string of the molecule is O=c1c2ccc3nc4c(ccc5c(=O)c6c(Cl)cccc6c(=O)c54)nc3c2c(=O)c2cccc(Cl)c12. The van der Waals surface area contributed by atoms with E-state index < -0.39 is 0 Å². The summed E-state index contributed by atoms with van der Waals surface area (Å²) in [5.41, 5.74) is -0.383. The van der Waals surface area contributed by atoms with Crippen molar-refractivity contribution < 1.29 is 0 Å². The minimum Gasteiger partial charge on any atom is -0.289 e. The smallest absolute Gasteiger partial charge is 0.196 e. The molecule has 0 saturated carbocycles. The molecule has 36 heavy (non-hydrogen) atoms. The fraction of sp³-hybridized carbons (Fsp3) is 0. The molecule has 1 heterocycles. The Balaban J connectivity index is 1.71. The summed E-state index contributed by atoms with van der Waals surface area (Å²) in [5, 5.41) is 1.80. The highest BCUT2D eigenvalue weighted by molar-refractivity contribution is 6.36. The lowest BCUT2D eigenvalue weighted by Crippen LogP contribution is -2.15. The van der Waals surface area contributed by atoms with Gasteiger partial charge in [-0.15, -0.1) is 0 Å². The predicted molar refractivity (Wildman–Crippen MR) is 145 cm³/mol.